The molecular formula is C4H4O2. The van der Waals surface area contributed by atoms with Crippen LogP contribution in [0.15, 0.2) is 11.8 Å². The summed E-state index contributed by atoms with van der Waals surface area (Å²) < 4.78 is 0. The Labute approximate surface area is 35.4 Å². The minimum atomic E-state index is -0.144. The lowest BCUT2D eigenvalue weighted by atomic mass is 10.6. The molecule has 0 atom stereocenters. The van der Waals surface area contributed by atoms with E-state index in [-0.39, 0.29) is 6.61 Å². The van der Waals surface area contributed by atoms with Crippen molar-refractivity contribution in [3.05, 3.63) is 11.8 Å². The molecule has 0 aliphatic rings. The van der Waals surface area contributed by atoms with Gasteiger partial charge in [0, 0.05) is 0 Å². The second kappa shape index (κ2) is 4.19. The quantitative estimate of drug-likeness (QED) is 0.344. The number of carbonyl (C=O) groups excluding carboxylic acids is 1. The van der Waals surface area contributed by atoms with E-state index in [4.69, 9.17) is 5.11 Å². The average molecular weight is 84.1 g/mol. The highest BCUT2D eigenvalue weighted by molar-refractivity contribution is 5.43. The van der Waals surface area contributed by atoms with Crippen LogP contribution in [0.2, 0.25) is 0 Å². The Morgan fingerprint density at radius 2 is 2.50 bits per heavy atom. The third-order valence-electron chi connectivity index (χ3n) is 0.252. The van der Waals surface area contributed by atoms with Gasteiger partial charge in [-0.1, -0.05) is 0 Å². The van der Waals surface area contributed by atoms with Crippen LogP contribution in [0.3, 0.4) is 0 Å². The number of rotatable bonds is 1. The Morgan fingerprint density at radius 3 is 2.67 bits per heavy atom. The van der Waals surface area contributed by atoms with Gasteiger partial charge in [0.2, 0.25) is 0 Å². The van der Waals surface area contributed by atoms with Gasteiger partial charge in [0.25, 0.3) is 0 Å². The van der Waals surface area contributed by atoms with Crippen molar-refractivity contribution in [2.24, 2.45) is 0 Å². The maximum atomic E-state index is 9.19. The second-order valence-corrected chi connectivity index (χ2v) is 0.633. The van der Waals surface area contributed by atoms with Crippen LogP contribution in [0.1, 0.15) is 0 Å². The molecular weight excluding hydrogens is 80.0 g/mol. The Balaban J connectivity index is 3.47. The largest absolute Gasteiger partial charge is 0.392 e. The van der Waals surface area contributed by atoms with E-state index < -0.39 is 0 Å². The predicted molar refractivity (Wildman–Crippen MR) is 20.9 cm³/mol. The van der Waals surface area contributed by atoms with Crippen molar-refractivity contribution in [3.63, 3.8) is 0 Å². The van der Waals surface area contributed by atoms with Crippen LogP contribution in [0.4, 0.5) is 0 Å². The third kappa shape index (κ3) is 3.19. The minimum Gasteiger partial charge on any atom is -0.392 e. The molecule has 0 rings (SSSR count). The van der Waals surface area contributed by atoms with Gasteiger partial charge < -0.3 is 5.11 Å². The first kappa shape index (κ1) is 5.19. The smallest absolute Gasteiger partial charge is 0.176 e. The first-order valence-corrected chi connectivity index (χ1v) is 1.47. The maximum Gasteiger partial charge on any atom is 0.176 e. The van der Waals surface area contributed by atoms with Crippen LogP contribution < -0.4 is 0 Å². The highest BCUT2D eigenvalue weighted by Crippen LogP contribution is 1.51. The summed E-state index contributed by atoms with van der Waals surface area (Å²) in [5, 5.41) is 7.90. The molecule has 2 heteroatoms. The van der Waals surface area contributed by atoms with E-state index in [1.165, 1.54) is 12.0 Å². The van der Waals surface area contributed by atoms with Gasteiger partial charge in [-0.2, -0.15) is 0 Å². The van der Waals surface area contributed by atoms with E-state index in [0.29, 0.717) is 0 Å². The second-order valence-electron chi connectivity index (χ2n) is 0.633. The molecule has 0 spiro atoms. The first-order chi connectivity index (χ1) is 2.91. The highest BCUT2D eigenvalue weighted by Gasteiger charge is 1.53. The van der Waals surface area contributed by atoms with E-state index in [1.54, 1.807) is 0 Å². The Bertz CT molecular complexity index is 94.1. The average Bonchev–Trinajstić information content (AvgIpc) is 1.61. The summed E-state index contributed by atoms with van der Waals surface area (Å²) in [6, 6.07) is 0. The summed E-state index contributed by atoms with van der Waals surface area (Å²) in [6.07, 6.45) is 1.19. The van der Waals surface area contributed by atoms with E-state index >= 15 is 0 Å². The van der Waals surface area contributed by atoms with Gasteiger partial charge in [-0.05, 0) is 11.8 Å². The molecule has 2 nitrogen and oxygen atoms in total. The Kier molecular flexibility index (Phi) is 3.62. The molecule has 0 saturated heterocycles. The van der Waals surface area contributed by atoms with E-state index in [2.05, 4.69) is 0 Å². The van der Waals surface area contributed by atoms with Crippen LogP contribution in [0.25, 0.3) is 0 Å². The van der Waals surface area contributed by atoms with Crippen molar-refractivity contribution < 1.29 is 9.90 Å². The zero-order valence-corrected chi connectivity index (χ0v) is 3.14. The molecule has 0 amide bonds. The molecule has 0 aliphatic carbocycles. The van der Waals surface area contributed by atoms with Gasteiger partial charge in [-0.15, -0.1) is 0 Å². The summed E-state index contributed by atoms with van der Waals surface area (Å²) in [5.74, 6) is 1.35. The lowest BCUT2D eigenvalue weighted by Crippen LogP contribution is -1.64. The van der Waals surface area contributed by atoms with Crippen molar-refractivity contribution in [3.8, 4) is 0 Å². The van der Waals surface area contributed by atoms with Crippen LogP contribution in [-0.2, 0) is 4.79 Å². The zero-order chi connectivity index (χ0) is 4.83. The van der Waals surface area contributed by atoms with Gasteiger partial charge in [-0.25, -0.2) is 4.79 Å². The van der Waals surface area contributed by atoms with Gasteiger partial charge in [0.15, 0.2) is 5.94 Å². The summed E-state index contributed by atoms with van der Waals surface area (Å²) in [7, 11) is 0. The van der Waals surface area contributed by atoms with Crippen LogP contribution in [-0.4, -0.2) is 17.7 Å². The highest BCUT2D eigenvalue weighted by atomic mass is 16.2. The number of hydrogen-bond acceptors (Lipinski definition) is 2. The fourth-order valence-electron chi connectivity index (χ4n) is 0.0873. The number of aliphatic hydroxyl groups excluding tert-OH is 1. The molecule has 0 fully saturated rings. The zero-order valence-electron chi connectivity index (χ0n) is 3.14. The lowest BCUT2D eigenvalue weighted by molar-refractivity contribution is 0.343. The molecule has 0 radical (unpaired) electrons. The molecule has 6 heavy (non-hydrogen) atoms. The first-order valence-electron chi connectivity index (χ1n) is 1.47. The molecule has 0 aromatic carbocycles. The fraction of sp³-hybridized carbons (Fsp3) is 0.250. The van der Waals surface area contributed by atoms with Gasteiger partial charge in [0.05, 0.1) is 6.61 Å². The monoisotopic (exact) mass is 84.0 g/mol. The molecule has 0 saturated carbocycles. The summed E-state index contributed by atoms with van der Waals surface area (Å²) in [5.41, 5.74) is 2.02. The van der Waals surface area contributed by atoms with Crippen LogP contribution >= 0.6 is 0 Å². The molecule has 0 aromatic heterocycles. The van der Waals surface area contributed by atoms with Crippen molar-refractivity contribution in [1.82, 2.24) is 0 Å². The molecule has 0 bridgehead atoms. The maximum absolute atomic E-state index is 9.19. The van der Waals surface area contributed by atoms with E-state index in [9.17, 15) is 4.79 Å². The Hall–Kier alpha value is -0.810. The van der Waals surface area contributed by atoms with E-state index in [0.717, 1.165) is 0 Å². The summed E-state index contributed by atoms with van der Waals surface area (Å²) in [4.78, 5) is 9.19. The summed E-state index contributed by atoms with van der Waals surface area (Å²) in [6.45, 7) is -0.144. The van der Waals surface area contributed by atoms with Crippen LogP contribution in [0.5, 0.6) is 0 Å². The SMILES string of the molecule is O=C=C=CCO. The van der Waals surface area contributed by atoms with Crippen LogP contribution in [0, 0.1) is 0 Å². The molecule has 0 heterocycles. The topological polar surface area (TPSA) is 37.3 Å². The molecule has 0 unspecified atom stereocenters. The Morgan fingerprint density at radius 1 is 1.83 bits per heavy atom. The molecule has 0 aromatic rings. The van der Waals surface area contributed by atoms with Gasteiger partial charge in [-0.3, -0.25) is 0 Å². The van der Waals surface area contributed by atoms with Crippen molar-refractivity contribution in [2.45, 2.75) is 0 Å². The number of hydrogen-bond donors (Lipinski definition) is 1. The van der Waals surface area contributed by atoms with Gasteiger partial charge >= 0.3 is 0 Å². The molecule has 0 aliphatic heterocycles. The minimum absolute atomic E-state index is 0.144. The predicted octanol–water partition coefficient (Wildman–Crippen LogP) is -0.478. The van der Waals surface area contributed by atoms with Gasteiger partial charge in [0.1, 0.15) is 0 Å². The number of aliphatic hydroxyl groups is 1. The third-order valence-corrected chi connectivity index (χ3v) is 0.252. The molecule has 1 N–H and O–H groups in total. The molecule has 32 valence electrons. The standard InChI is InChI=1S/C4H4O2/c5-3-1-2-4-6/h1,5H,3H2. The lowest BCUT2D eigenvalue weighted by Gasteiger charge is -1.60. The normalized spacial score (nSPS) is 5.50. The van der Waals surface area contributed by atoms with Crippen molar-refractivity contribution in [2.75, 3.05) is 6.61 Å². The van der Waals surface area contributed by atoms with Crippen molar-refractivity contribution in [1.29, 1.82) is 0 Å². The van der Waals surface area contributed by atoms with Crippen molar-refractivity contribution >= 4 is 5.94 Å². The summed E-state index contributed by atoms with van der Waals surface area (Å²) >= 11 is 0. The fourth-order valence-corrected chi connectivity index (χ4v) is 0.0873. The van der Waals surface area contributed by atoms with E-state index in [1.807, 2.05) is 5.73 Å².